The van der Waals surface area contributed by atoms with E-state index >= 15 is 0 Å². The Bertz CT molecular complexity index is 1050. The summed E-state index contributed by atoms with van der Waals surface area (Å²) in [6.07, 6.45) is 1.25. The van der Waals surface area contributed by atoms with Crippen LogP contribution < -0.4 is 10.5 Å². The highest BCUT2D eigenvalue weighted by Gasteiger charge is 2.18. The molecule has 0 saturated carbocycles. The first-order chi connectivity index (χ1) is 11.8. The monoisotopic (exact) mass is 411 g/mol. The summed E-state index contributed by atoms with van der Waals surface area (Å²) in [4.78, 5) is 30.2. The van der Waals surface area contributed by atoms with E-state index in [9.17, 15) is 18.4 Å². The molecular formula is C15H12BrF2N5O2. The number of amides is 1. The number of nitrogens with zero attached hydrogens (tertiary/aromatic N) is 5. The molecule has 3 rings (SSSR count). The van der Waals surface area contributed by atoms with Crippen LogP contribution in [0.15, 0.2) is 33.9 Å². The molecule has 130 valence electrons. The van der Waals surface area contributed by atoms with Crippen molar-refractivity contribution >= 4 is 38.6 Å². The summed E-state index contributed by atoms with van der Waals surface area (Å²) < 4.78 is 29.2. The lowest BCUT2D eigenvalue weighted by molar-refractivity contribution is -0.118. The molecule has 2 aromatic heterocycles. The number of carbonyl (C=O) groups excluding carboxylic acids is 1. The number of aromatic nitrogens is 4. The van der Waals surface area contributed by atoms with Crippen LogP contribution in [0.5, 0.6) is 0 Å². The molecule has 0 saturated heterocycles. The Kier molecular flexibility index (Phi) is 4.38. The van der Waals surface area contributed by atoms with Crippen molar-refractivity contribution in [1.29, 1.82) is 0 Å². The molecule has 0 bridgehead atoms. The van der Waals surface area contributed by atoms with E-state index in [2.05, 4.69) is 26.0 Å². The molecule has 0 fully saturated rings. The van der Waals surface area contributed by atoms with E-state index < -0.39 is 23.1 Å². The van der Waals surface area contributed by atoms with Crippen LogP contribution in [0.25, 0.3) is 11.0 Å². The van der Waals surface area contributed by atoms with Gasteiger partial charge in [0.2, 0.25) is 5.91 Å². The van der Waals surface area contributed by atoms with Gasteiger partial charge in [-0.3, -0.25) is 14.2 Å². The number of benzene rings is 1. The molecule has 0 spiro atoms. The number of aryl methyl sites for hydroxylation is 1. The lowest BCUT2D eigenvalue weighted by atomic mass is 10.2. The average Bonchev–Trinajstić information content (AvgIpc) is 2.86. The summed E-state index contributed by atoms with van der Waals surface area (Å²) in [5.41, 5.74) is 0.125. The van der Waals surface area contributed by atoms with E-state index in [0.717, 1.165) is 21.6 Å². The number of hydrogen-bond donors (Lipinski definition) is 0. The van der Waals surface area contributed by atoms with Gasteiger partial charge in [0.1, 0.15) is 22.9 Å². The van der Waals surface area contributed by atoms with E-state index in [-0.39, 0.29) is 17.6 Å². The van der Waals surface area contributed by atoms with Crippen LogP contribution in [0.3, 0.4) is 0 Å². The Hall–Kier alpha value is -2.62. The average molecular weight is 412 g/mol. The van der Waals surface area contributed by atoms with Gasteiger partial charge in [-0.1, -0.05) is 0 Å². The molecule has 0 unspecified atom stereocenters. The number of hydrogen-bond acceptors (Lipinski definition) is 4. The zero-order valence-electron chi connectivity index (χ0n) is 13.2. The molecule has 1 aromatic carbocycles. The number of carbonyl (C=O) groups is 1. The predicted molar refractivity (Wildman–Crippen MR) is 90.2 cm³/mol. The number of rotatable bonds is 3. The second kappa shape index (κ2) is 6.36. The molecular weight excluding hydrogens is 400 g/mol. The van der Waals surface area contributed by atoms with E-state index in [1.165, 1.54) is 24.1 Å². The molecule has 25 heavy (non-hydrogen) atoms. The molecule has 7 nitrogen and oxygen atoms in total. The zero-order valence-corrected chi connectivity index (χ0v) is 14.8. The third kappa shape index (κ3) is 3.04. The molecule has 2 heterocycles. The predicted octanol–water partition coefficient (Wildman–Crippen LogP) is 1.83. The topological polar surface area (TPSA) is 73.0 Å². The van der Waals surface area contributed by atoms with Crippen LogP contribution in [0.1, 0.15) is 0 Å². The van der Waals surface area contributed by atoms with E-state index in [4.69, 9.17) is 0 Å². The minimum atomic E-state index is -1.06. The van der Waals surface area contributed by atoms with Crippen LogP contribution in [0.2, 0.25) is 0 Å². The molecule has 0 N–H and O–H groups in total. The van der Waals surface area contributed by atoms with Gasteiger partial charge >= 0.3 is 0 Å². The Morgan fingerprint density at radius 2 is 2.04 bits per heavy atom. The van der Waals surface area contributed by atoms with Gasteiger partial charge in [-0.25, -0.2) is 18.4 Å². The van der Waals surface area contributed by atoms with Crippen molar-refractivity contribution in [3.63, 3.8) is 0 Å². The zero-order chi connectivity index (χ0) is 18.3. The lowest BCUT2D eigenvalue weighted by Gasteiger charge is -2.18. The fourth-order valence-corrected chi connectivity index (χ4v) is 2.92. The minimum Gasteiger partial charge on any atom is -0.314 e. The standard InChI is InChI=1S/C15H12BrF2N5O2/c1-21(8-3-4-9(17)10(18)5-8)11(24)6-23-7-19-14-12(15(23)25)13(16)20-22(14)2/h3-5,7H,6H2,1-2H3. The second-order valence-corrected chi connectivity index (χ2v) is 6.09. The first kappa shape index (κ1) is 17.2. The Labute approximate surface area is 148 Å². The number of anilines is 1. The molecule has 0 radical (unpaired) electrons. The van der Waals surface area contributed by atoms with Crippen LogP contribution >= 0.6 is 15.9 Å². The molecule has 0 aliphatic carbocycles. The van der Waals surface area contributed by atoms with Gasteiger partial charge in [0.25, 0.3) is 5.56 Å². The van der Waals surface area contributed by atoms with Gasteiger partial charge in [0.15, 0.2) is 17.3 Å². The highest BCUT2D eigenvalue weighted by Crippen LogP contribution is 2.18. The largest absolute Gasteiger partial charge is 0.314 e. The highest BCUT2D eigenvalue weighted by molar-refractivity contribution is 9.10. The van der Waals surface area contributed by atoms with Crippen molar-refractivity contribution in [2.24, 2.45) is 7.05 Å². The first-order valence-corrected chi connectivity index (χ1v) is 7.88. The van der Waals surface area contributed by atoms with E-state index in [1.807, 2.05) is 0 Å². The fraction of sp³-hybridized carbons (Fsp3) is 0.200. The van der Waals surface area contributed by atoms with Crippen LogP contribution in [-0.4, -0.2) is 32.3 Å². The molecule has 10 heteroatoms. The summed E-state index contributed by atoms with van der Waals surface area (Å²) in [6.45, 7) is -0.307. The minimum absolute atomic E-state index is 0.175. The van der Waals surface area contributed by atoms with Crippen molar-refractivity contribution in [3.05, 3.63) is 51.1 Å². The van der Waals surface area contributed by atoms with Crippen molar-refractivity contribution < 1.29 is 13.6 Å². The van der Waals surface area contributed by atoms with Crippen molar-refractivity contribution in [3.8, 4) is 0 Å². The van der Waals surface area contributed by atoms with Gasteiger partial charge in [-0.2, -0.15) is 5.10 Å². The van der Waals surface area contributed by atoms with Gasteiger partial charge in [-0.15, -0.1) is 0 Å². The maximum atomic E-state index is 13.3. The summed E-state index contributed by atoms with van der Waals surface area (Å²) >= 11 is 3.19. The van der Waals surface area contributed by atoms with Gasteiger partial charge < -0.3 is 4.90 Å². The third-order valence-electron chi connectivity index (χ3n) is 3.74. The Balaban J connectivity index is 1.91. The third-order valence-corrected chi connectivity index (χ3v) is 4.29. The molecule has 1 amide bonds. The fourth-order valence-electron chi connectivity index (χ4n) is 2.34. The van der Waals surface area contributed by atoms with Crippen LogP contribution in [0.4, 0.5) is 14.5 Å². The second-order valence-electron chi connectivity index (χ2n) is 5.34. The summed E-state index contributed by atoms with van der Waals surface area (Å²) in [5.74, 6) is -2.55. The molecule has 0 atom stereocenters. The van der Waals surface area contributed by atoms with Gasteiger partial charge in [-0.05, 0) is 28.1 Å². The summed E-state index contributed by atoms with van der Waals surface area (Å²) in [7, 11) is 3.05. The molecule has 3 aromatic rings. The number of likely N-dealkylation sites (N-methyl/N-ethyl adjacent to an activating group) is 1. The summed E-state index contributed by atoms with van der Waals surface area (Å²) in [6, 6.07) is 3.12. The van der Waals surface area contributed by atoms with E-state index in [0.29, 0.717) is 10.3 Å². The van der Waals surface area contributed by atoms with E-state index in [1.54, 1.807) is 7.05 Å². The Morgan fingerprint density at radius 1 is 1.32 bits per heavy atom. The molecule has 0 aliphatic heterocycles. The van der Waals surface area contributed by atoms with Gasteiger partial charge in [0, 0.05) is 25.8 Å². The van der Waals surface area contributed by atoms with Crippen LogP contribution in [-0.2, 0) is 18.4 Å². The smallest absolute Gasteiger partial charge is 0.266 e. The lowest BCUT2D eigenvalue weighted by Crippen LogP contribution is -2.34. The van der Waals surface area contributed by atoms with Crippen LogP contribution in [0, 0.1) is 11.6 Å². The van der Waals surface area contributed by atoms with Crippen molar-refractivity contribution in [2.75, 3.05) is 11.9 Å². The summed E-state index contributed by atoms with van der Waals surface area (Å²) in [5, 5.41) is 4.31. The van der Waals surface area contributed by atoms with Crippen molar-refractivity contribution in [2.45, 2.75) is 6.54 Å². The molecule has 0 aliphatic rings. The number of halogens is 3. The SMILES string of the molecule is CN(C(=O)Cn1cnc2c(c(Br)nn2C)c1=O)c1ccc(F)c(F)c1. The first-order valence-electron chi connectivity index (χ1n) is 7.09. The Morgan fingerprint density at radius 3 is 2.72 bits per heavy atom. The van der Waals surface area contributed by atoms with Crippen molar-refractivity contribution in [1.82, 2.24) is 19.3 Å². The quantitative estimate of drug-likeness (QED) is 0.658. The normalized spacial score (nSPS) is 11.1. The highest BCUT2D eigenvalue weighted by atomic mass is 79.9. The maximum Gasteiger partial charge on any atom is 0.266 e. The maximum absolute atomic E-state index is 13.3. The number of fused-ring (bicyclic) bond motifs is 1. The van der Waals surface area contributed by atoms with Gasteiger partial charge in [0.05, 0.1) is 0 Å².